The first-order valence-electron chi connectivity index (χ1n) is 11.5. The summed E-state index contributed by atoms with van der Waals surface area (Å²) in [6.07, 6.45) is -0.581. The van der Waals surface area contributed by atoms with Crippen molar-refractivity contribution in [1.29, 1.82) is 0 Å². The highest BCUT2D eigenvalue weighted by molar-refractivity contribution is 5.61. The molecular formula is C29H26O7. The van der Waals surface area contributed by atoms with Crippen molar-refractivity contribution in [3.63, 3.8) is 0 Å². The largest absolute Gasteiger partial charge is 0.508 e. The lowest BCUT2D eigenvalue weighted by Crippen LogP contribution is -2.19. The molecular weight excluding hydrogens is 460 g/mol. The summed E-state index contributed by atoms with van der Waals surface area (Å²) in [4.78, 5) is 0. The van der Waals surface area contributed by atoms with Crippen LogP contribution in [-0.4, -0.2) is 37.7 Å². The van der Waals surface area contributed by atoms with E-state index in [0.29, 0.717) is 16.7 Å². The van der Waals surface area contributed by atoms with Gasteiger partial charge in [-0.1, -0.05) is 24.3 Å². The number of phenols is 6. The van der Waals surface area contributed by atoms with Crippen molar-refractivity contribution in [2.75, 3.05) is 7.11 Å². The van der Waals surface area contributed by atoms with E-state index in [2.05, 4.69) is 0 Å². The van der Waals surface area contributed by atoms with E-state index in [1.54, 1.807) is 73.8 Å². The molecule has 0 radical (unpaired) electrons. The van der Waals surface area contributed by atoms with Gasteiger partial charge in [-0.15, -0.1) is 0 Å². The third-order valence-electron chi connectivity index (χ3n) is 6.95. The lowest BCUT2D eigenvalue weighted by Gasteiger charge is -2.32. The molecule has 6 N–H and O–H groups in total. The summed E-state index contributed by atoms with van der Waals surface area (Å²) in [6, 6.07) is 20.5. The molecule has 0 bridgehead atoms. The number of benzene rings is 4. The Bertz CT molecular complexity index is 1380. The fourth-order valence-electron chi connectivity index (χ4n) is 5.61. The van der Waals surface area contributed by atoms with E-state index in [4.69, 9.17) is 4.74 Å². The number of ether oxygens (including phenoxy) is 1. The van der Waals surface area contributed by atoms with E-state index in [9.17, 15) is 30.6 Å². The molecule has 0 amide bonds. The van der Waals surface area contributed by atoms with Gasteiger partial charge in [0, 0.05) is 42.6 Å². The average Bonchev–Trinajstić information content (AvgIpc) is 3.16. The highest BCUT2D eigenvalue weighted by atomic mass is 16.5. The second-order valence-corrected chi connectivity index (χ2v) is 9.12. The van der Waals surface area contributed by atoms with Gasteiger partial charge in [-0.3, -0.25) is 0 Å². The SMILES string of the molecule is CO[C@@H](c1ccc(O)cc1)[C@H]1c2cc(O)cc(O)c2[C@@H](c2ccc(O)cc2)[C@@H]1c1cc(O)cc(O)c1. The zero-order chi connectivity index (χ0) is 25.6. The van der Waals surface area contributed by atoms with Crippen LogP contribution < -0.4 is 0 Å². The Hall–Kier alpha value is -4.36. The number of fused-ring (bicyclic) bond motifs is 1. The van der Waals surface area contributed by atoms with Crippen LogP contribution in [0.5, 0.6) is 34.5 Å². The minimum Gasteiger partial charge on any atom is -0.508 e. The first-order valence-corrected chi connectivity index (χ1v) is 11.5. The van der Waals surface area contributed by atoms with Gasteiger partial charge in [0.05, 0.1) is 6.10 Å². The molecule has 36 heavy (non-hydrogen) atoms. The minimum absolute atomic E-state index is 0.0915. The van der Waals surface area contributed by atoms with Crippen molar-refractivity contribution in [3.8, 4) is 34.5 Å². The molecule has 0 aliphatic heterocycles. The molecule has 0 fully saturated rings. The van der Waals surface area contributed by atoms with Crippen molar-refractivity contribution in [3.05, 3.63) is 107 Å². The van der Waals surface area contributed by atoms with E-state index in [1.807, 2.05) is 0 Å². The molecule has 0 heterocycles. The van der Waals surface area contributed by atoms with E-state index in [1.165, 1.54) is 12.1 Å². The first-order chi connectivity index (χ1) is 17.3. The standard InChI is InChI=1S/C29H26O7/c1-36-29(16-4-8-19(31)9-5-16)28-23-13-22(34)14-24(35)27(23)25(15-2-6-18(30)7-3-15)26(28)17-10-20(32)12-21(33)11-17/h2-14,25-26,28-35H,1H3/t25-,26-,28-,29-/m0/s1. The van der Waals surface area contributed by atoms with Gasteiger partial charge in [0.25, 0.3) is 0 Å². The molecule has 1 aliphatic carbocycles. The summed E-state index contributed by atoms with van der Waals surface area (Å²) in [5.74, 6) is -1.66. The van der Waals surface area contributed by atoms with Crippen molar-refractivity contribution in [2.24, 2.45) is 0 Å². The second-order valence-electron chi connectivity index (χ2n) is 9.12. The minimum atomic E-state index is -0.581. The summed E-state index contributed by atoms with van der Waals surface area (Å²) in [7, 11) is 1.56. The van der Waals surface area contributed by atoms with E-state index < -0.39 is 23.9 Å². The average molecular weight is 487 g/mol. The maximum absolute atomic E-state index is 11.1. The smallest absolute Gasteiger partial charge is 0.123 e. The lowest BCUT2D eigenvalue weighted by atomic mass is 9.74. The Labute approximate surface area is 207 Å². The van der Waals surface area contributed by atoms with Gasteiger partial charge < -0.3 is 35.4 Å². The van der Waals surface area contributed by atoms with E-state index in [0.717, 1.165) is 11.1 Å². The van der Waals surface area contributed by atoms with Gasteiger partial charge >= 0.3 is 0 Å². The zero-order valence-corrected chi connectivity index (χ0v) is 19.4. The summed E-state index contributed by atoms with van der Waals surface area (Å²) < 4.78 is 6.00. The second kappa shape index (κ2) is 9.02. The van der Waals surface area contributed by atoms with Gasteiger partial charge in [-0.25, -0.2) is 0 Å². The predicted octanol–water partition coefficient (Wildman–Crippen LogP) is 5.32. The van der Waals surface area contributed by atoms with Crippen LogP contribution in [0.15, 0.2) is 78.9 Å². The van der Waals surface area contributed by atoms with Crippen molar-refractivity contribution in [1.82, 2.24) is 0 Å². The maximum Gasteiger partial charge on any atom is 0.123 e. The van der Waals surface area contributed by atoms with Crippen molar-refractivity contribution < 1.29 is 35.4 Å². The number of hydrogen-bond donors (Lipinski definition) is 6. The predicted molar refractivity (Wildman–Crippen MR) is 133 cm³/mol. The topological polar surface area (TPSA) is 131 Å². The van der Waals surface area contributed by atoms with Crippen LogP contribution >= 0.6 is 0 Å². The monoisotopic (exact) mass is 486 g/mol. The highest BCUT2D eigenvalue weighted by Gasteiger charge is 2.48. The van der Waals surface area contributed by atoms with Gasteiger partial charge in [-0.05, 0) is 64.7 Å². The Morgan fingerprint density at radius 3 is 1.75 bits per heavy atom. The maximum atomic E-state index is 11.1. The van der Waals surface area contributed by atoms with Gasteiger partial charge in [0.15, 0.2) is 0 Å². The molecule has 0 saturated carbocycles. The Balaban J connectivity index is 1.81. The zero-order valence-electron chi connectivity index (χ0n) is 19.4. The molecule has 0 saturated heterocycles. The molecule has 0 unspecified atom stereocenters. The third-order valence-corrected chi connectivity index (χ3v) is 6.95. The Kier molecular flexibility index (Phi) is 5.86. The van der Waals surface area contributed by atoms with Crippen molar-refractivity contribution >= 4 is 0 Å². The molecule has 4 aromatic carbocycles. The fraction of sp³-hybridized carbons (Fsp3) is 0.172. The van der Waals surface area contributed by atoms with Crippen molar-refractivity contribution in [2.45, 2.75) is 23.9 Å². The summed E-state index contributed by atoms with van der Waals surface area (Å²) in [5, 5.41) is 62.0. The van der Waals surface area contributed by atoms with E-state index in [-0.39, 0.29) is 34.5 Å². The normalized spacial score (nSPS) is 19.6. The van der Waals surface area contributed by atoms with Gasteiger partial charge in [0.2, 0.25) is 0 Å². The summed E-state index contributed by atoms with van der Waals surface area (Å²) >= 11 is 0. The molecule has 1 aliphatic rings. The summed E-state index contributed by atoms with van der Waals surface area (Å²) in [5.41, 5.74) is 3.38. The molecule has 5 rings (SSSR count). The molecule has 4 aromatic rings. The van der Waals surface area contributed by atoms with Crippen LogP contribution in [0.1, 0.15) is 51.7 Å². The van der Waals surface area contributed by atoms with Crippen LogP contribution in [0.4, 0.5) is 0 Å². The number of methoxy groups -OCH3 is 1. The molecule has 0 aromatic heterocycles. The first kappa shape index (κ1) is 23.4. The van der Waals surface area contributed by atoms with Crippen LogP contribution in [0.2, 0.25) is 0 Å². The van der Waals surface area contributed by atoms with Crippen LogP contribution in [0.3, 0.4) is 0 Å². The molecule has 7 heteroatoms. The number of aromatic hydroxyl groups is 6. The molecule has 4 atom stereocenters. The Morgan fingerprint density at radius 1 is 0.611 bits per heavy atom. The Morgan fingerprint density at radius 2 is 1.17 bits per heavy atom. The van der Waals surface area contributed by atoms with Crippen LogP contribution in [0, 0.1) is 0 Å². The quantitative estimate of drug-likeness (QED) is 0.225. The molecule has 0 spiro atoms. The molecule has 7 nitrogen and oxygen atoms in total. The highest BCUT2D eigenvalue weighted by Crippen LogP contribution is 2.62. The van der Waals surface area contributed by atoms with Crippen LogP contribution in [0.25, 0.3) is 0 Å². The van der Waals surface area contributed by atoms with Gasteiger partial charge in [-0.2, -0.15) is 0 Å². The number of rotatable bonds is 5. The third kappa shape index (κ3) is 4.03. The van der Waals surface area contributed by atoms with Crippen LogP contribution in [-0.2, 0) is 4.74 Å². The number of hydrogen-bond acceptors (Lipinski definition) is 7. The fourth-order valence-corrected chi connectivity index (χ4v) is 5.61. The lowest BCUT2D eigenvalue weighted by molar-refractivity contribution is 0.0717. The molecule has 184 valence electrons. The summed E-state index contributed by atoms with van der Waals surface area (Å²) in [6.45, 7) is 0. The number of phenolic OH excluding ortho intramolecular Hbond substituents is 6. The van der Waals surface area contributed by atoms with Gasteiger partial charge in [0.1, 0.15) is 34.5 Å². The van der Waals surface area contributed by atoms with E-state index >= 15 is 0 Å².